The molecule has 2 rings (SSSR count). The largest absolute Gasteiger partial charge is 0.508 e. The Morgan fingerprint density at radius 1 is 1.15 bits per heavy atom. The molecule has 1 unspecified atom stereocenters. The highest BCUT2D eigenvalue weighted by atomic mass is 35.5. The zero-order valence-corrected chi connectivity index (χ0v) is 12.1. The number of benzene rings is 2. The summed E-state index contributed by atoms with van der Waals surface area (Å²) in [7, 11) is 1.74. The first-order valence-electron chi connectivity index (χ1n) is 6.31. The van der Waals surface area contributed by atoms with Gasteiger partial charge in [-0.25, -0.2) is 0 Å². The van der Waals surface area contributed by atoms with E-state index in [1.54, 1.807) is 24.1 Å². The molecule has 0 radical (unpaired) electrons. The van der Waals surface area contributed by atoms with Gasteiger partial charge >= 0.3 is 0 Å². The van der Waals surface area contributed by atoms with Crippen LogP contribution in [-0.4, -0.2) is 23.0 Å². The number of nitrogens with zero attached hydrogens (tertiary/aromatic N) is 1. The molecular formula is C16H16ClNO2. The van der Waals surface area contributed by atoms with Crippen molar-refractivity contribution in [3.05, 3.63) is 64.7 Å². The van der Waals surface area contributed by atoms with Gasteiger partial charge in [-0.2, -0.15) is 0 Å². The number of hydrogen-bond acceptors (Lipinski definition) is 2. The lowest BCUT2D eigenvalue weighted by atomic mass is 10.1. The van der Waals surface area contributed by atoms with Crippen molar-refractivity contribution in [2.24, 2.45) is 0 Å². The summed E-state index contributed by atoms with van der Waals surface area (Å²) in [4.78, 5) is 14.0. The quantitative estimate of drug-likeness (QED) is 0.931. The molecule has 0 saturated heterocycles. The standard InChI is InChI=1S/C16H16ClNO2/c1-11(14-5-3-4-6-15(14)17)18(2)16(20)12-7-9-13(19)10-8-12/h3-11,19H,1-2H3. The van der Waals surface area contributed by atoms with Crippen LogP contribution in [0.4, 0.5) is 0 Å². The third-order valence-corrected chi connectivity index (χ3v) is 3.72. The van der Waals surface area contributed by atoms with Crippen LogP contribution in [0, 0.1) is 0 Å². The highest BCUT2D eigenvalue weighted by Crippen LogP contribution is 2.27. The van der Waals surface area contributed by atoms with Crippen LogP contribution in [0.1, 0.15) is 28.9 Å². The Hall–Kier alpha value is -2.00. The van der Waals surface area contributed by atoms with E-state index < -0.39 is 0 Å². The van der Waals surface area contributed by atoms with Gasteiger partial charge in [0.15, 0.2) is 0 Å². The van der Waals surface area contributed by atoms with Gasteiger partial charge in [-0.15, -0.1) is 0 Å². The molecule has 1 atom stereocenters. The van der Waals surface area contributed by atoms with Crippen LogP contribution in [0.3, 0.4) is 0 Å². The molecule has 20 heavy (non-hydrogen) atoms. The van der Waals surface area contributed by atoms with Gasteiger partial charge in [-0.3, -0.25) is 4.79 Å². The lowest BCUT2D eigenvalue weighted by Crippen LogP contribution is -2.29. The molecular weight excluding hydrogens is 274 g/mol. The van der Waals surface area contributed by atoms with Crippen LogP contribution in [-0.2, 0) is 0 Å². The van der Waals surface area contributed by atoms with Gasteiger partial charge in [0.1, 0.15) is 5.75 Å². The van der Waals surface area contributed by atoms with E-state index in [4.69, 9.17) is 11.6 Å². The number of phenolic OH excluding ortho intramolecular Hbond substituents is 1. The van der Waals surface area contributed by atoms with Crippen molar-refractivity contribution in [1.29, 1.82) is 0 Å². The number of amides is 1. The van der Waals surface area contributed by atoms with Gasteiger partial charge in [-0.05, 0) is 42.8 Å². The number of rotatable bonds is 3. The maximum atomic E-state index is 12.4. The van der Waals surface area contributed by atoms with E-state index in [0.29, 0.717) is 10.6 Å². The first-order valence-corrected chi connectivity index (χ1v) is 6.69. The van der Waals surface area contributed by atoms with Crippen LogP contribution in [0.25, 0.3) is 0 Å². The zero-order valence-electron chi connectivity index (χ0n) is 11.4. The Morgan fingerprint density at radius 3 is 2.35 bits per heavy atom. The molecule has 0 aromatic heterocycles. The fourth-order valence-electron chi connectivity index (χ4n) is 2.01. The lowest BCUT2D eigenvalue weighted by Gasteiger charge is -2.26. The lowest BCUT2D eigenvalue weighted by molar-refractivity contribution is 0.0742. The number of carbonyl (C=O) groups is 1. The normalized spacial score (nSPS) is 11.9. The maximum absolute atomic E-state index is 12.4. The Balaban J connectivity index is 2.22. The molecule has 0 bridgehead atoms. The first-order chi connectivity index (χ1) is 9.50. The zero-order chi connectivity index (χ0) is 14.7. The number of phenols is 1. The molecule has 1 amide bonds. The Labute approximate surface area is 123 Å². The summed E-state index contributed by atoms with van der Waals surface area (Å²) in [6.07, 6.45) is 0. The summed E-state index contributed by atoms with van der Waals surface area (Å²) in [5.74, 6) is 0.0285. The summed E-state index contributed by atoms with van der Waals surface area (Å²) < 4.78 is 0. The van der Waals surface area contributed by atoms with Gasteiger partial charge in [0.2, 0.25) is 0 Å². The van der Waals surface area contributed by atoms with E-state index >= 15 is 0 Å². The molecule has 104 valence electrons. The average Bonchev–Trinajstić information content (AvgIpc) is 2.46. The van der Waals surface area contributed by atoms with E-state index in [1.807, 2.05) is 31.2 Å². The Kier molecular flexibility index (Phi) is 4.30. The molecule has 3 nitrogen and oxygen atoms in total. The van der Waals surface area contributed by atoms with Gasteiger partial charge in [0, 0.05) is 17.6 Å². The minimum Gasteiger partial charge on any atom is -0.508 e. The average molecular weight is 290 g/mol. The molecule has 2 aromatic rings. The van der Waals surface area contributed by atoms with E-state index in [9.17, 15) is 9.90 Å². The van der Waals surface area contributed by atoms with Crippen LogP contribution in [0.15, 0.2) is 48.5 Å². The van der Waals surface area contributed by atoms with Crippen molar-refractivity contribution in [3.8, 4) is 5.75 Å². The molecule has 0 aliphatic carbocycles. The second-order valence-electron chi connectivity index (χ2n) is 4.66. The fourth-order valence-corrected chi connectivity index (χ4v) is 2.30. The molecule has 0 aliphatic rings. The molecule has 1 N–H and O–H groups in total. The second-order valence-corrected chi connectivity index (χ2v) is 5.07. The van der Waals surface area contributed by atoms with Crippen molar-refractivity contribution in [2.75, 3.05) is 7.05 Å². The highest BCUT2D eigenvalue weighted by molar-refractivity contribution is 6.31. The first kappa shape index (κ1) is 14.4. The van der Waals surface area contributed by atoms with Gasteiger partial charge in [0.05, 0.1) is 6.04 Å². The topological polar surface area (TPSA) is 40.5 Å². The SMILES string of the molecule is CC(c1ccccc1Cl)N(C)C(=O)c1ccc(O)cc1. The van der Waals surface area contributed by atoms with Crippen molar-refractivity contribution in [3.63, 3.8) is 0 Å². The third-order valence-electron chi connectivity index (χ3n) is 3.37. The molecule has 2 aromatic carbocycles. The van der Waals surface area contributed by atoms with Gasteiger partial charge < -0.3 is 10.0 Å². The van der Waals surface area contributed by atoms with E-state index in [0.717, 1.165) is 5.56 Å². The predicted octanol–water partition coefficient (Wildman–Crippen LogP) is 3.88. The maximum Gasteiger partial charge on any atom is 0.254 e. The number of halogens is 1. The number of hydrogen-bond donors (Lipinski definition) is 1. The molecule has 0 heterocycles. The fraction of sp³-hybridized carbons (Fsp3) is 0.188. The Morgan fingerprint density at radius 2 is 1.75 bits per heavy atom. The molecule has 0 aliphatic heterocycles. The van der Waals surface area contributed by atoms with Crippen LogP contribution in [0.2, 0.25) is 5.02 Å². The molecule has 0 saturated carbocycles. The van der Waals surface area contributed by atoms with Crippen molar-refractivity contribution in [2.45, 2.75) is 13.0 Å². The summed E-state index contributed by atoms with van der Waals surface area (Å²) in [5, 5.41) is 9.90. The van der Waals surface area contributed by atoms with Crippen LogP contribution in [0.5, 0.6) is 5.75 Å². The summed E-state index contributed by atoms with van der Waals surface area (Å²) >= 11 is 6.16. The van der Waals surface area contributed by atoms with Crippen molar-refractivity contribution in [1.82, 2.24) is 4.90 Å². The van der Waals surface area contributed by atoms with Crippen molar-refractivity contribution < 1.29 is 9.90 Å². The molecule has 4 heteroatoms. The Bertz CT molecular complexity index is 610. The van der Waals surface area contributed by atoms with Crippen LogP contribution >= 0.6 is 11.6 Å². The van der Waals surface area contributed by atoms with Gasteiger partial charge in [0.25, 0.3) is 5.91 Å². The van der Waals surface area contributed by atoms with Gasteiger partial charge in [-0.1, -0.05) is 29.8 Å². The minimum absolute atomic E-state index is 0.114. The van der Waals surface area contributed by atoms with Crippen molar-refractivity contribution >= 4 is 17.5 Å². The summed E-state index contributed by atoms with van der Waals surface area (Å²) in [6.45, 7) is 1.93. The third kappa shape index (κ3) is 2.94. The summed E-state index contributed by atoms with van der Waals surface area (Å²) in [5.41, 5.74) is 1.44. The summed E-state index contributed by atoms with van der Waals surface area (Å²) in [6, 6.07) is 13.6. The predicted molar refractivity (Wildman–Crippen MR) is 80.1 cm³/mol. The highest BCUT2D eigenvalue weighted by Gasteiger charge is 2.20. The van der Waals surface area contributed by atoms with E-state index in [-0.39, 0.29) is 17.7 Å². The monoisotopic (exact) mass is 289 g/mol. The van der Waals surface area contributed by atoms with E-state index in [1.165, 1.54) is 12.1 Å². The second kappa shape index (κ2) is 5.97. The molecule has 0 fully saturated rings. The number of aromatic hydroxyl groups is 1. The minimum atomic E-state index is -0.134. The molecule has 0 spiro atoms. The number of carbonyl (C=O) groups excluding carboxylic acids is 1. The smallest absolute Gasteiger partial charge is 0.254 e. The van der Waals surface area contributed by atoms with Crippen LogP contribution < -0.4 is 0 Å². The van der Waals surface area contributed by atoms with E-state index in [2.05, 4.69) is 0 Å².